The Morgan fingerprint density at radius 3 is 2.76 bits per heavy atom. The van der Waals surface area contributed by atoms with Crippen LogP contribution in [0.1, 0.15) is 19.9 Å². The number of fused-ring (bicyclic) bond motifs is 4. The van der Waals surface area contributed by atoms with Crippen LogP contribution in [0.25, 0.3) is 11.2 Å². The van der Waals surface area contributed by atoms with Crippen molar-refractivity contribution in [2.75, 3.05) is 0 Å². The Kier molecular flexibility index (Phi) is 2.18. The van der Waals surface area contributed by atoms with Crippen LogP contribution in [0.4, 0.5) is 0 Å². The Balaban J connectivity index is 1.62. The van der Waals surface area contributed by atoms with Gasteiger partial charge in [-0.3, -0.25) is 0 Å². The first-order valence-corrected chi connectivity index (χ1v) is 7.27. The van der Waals surface area contributed by atoms with Gasteiger partial charge < -0.3 is 18.8 Å². The van der Waals surface area contributed by atoms with Gasteiger partial charge in [0.1, 0.15) is 36.3 Å². The lowest BCUT2D eigenvalue weighted by molar-refractivity contribution is -0.152. The number of hydrogen-bond donors (Lipinski definition) is 0. The normalized spacial score (nSPS) is 39.5. The van der Waals surface area contributed by atoms with Gasteiger partial charge in [0, 0.05) is 0 Å². The van der Waals surface area contributed by atoms with Crippen molar-refractivity contribution in [3.63, 3.8) is 0 Å². The number of aromatic nitrogens is 4. The Bertz CT molecular complexity index is 748. The highest BCUT2D eigenvalue weighted by molar-refractivity contribution is 6.33. The highest BCUT2D eigenvalue weighted by Gasteiger charge is 2.68. The minimum Gasteiger partial charge on any atom is -0.364 e. The van der Waals surface area contributed by atoms with Gasteiger partial charge in [-0.1, -0.05) is 11.6 Å². The summed E-state index contributed by atoms with van der Waals surface area (Å²) in [5.41, 5.74) is 1.29. The van der Waals surface area contributed by atoms with Gasteiger partial charge in [0.2, 0.25) is 0 Å². The van der Waals surface area contributed by atoms with Crippen LogP contribution in [0, 0.1) is 0 Å². The van der Waals surface area contributed by atoms with E-state index in [1.807, 2.05) is 18.4 Å². The van der Waals surface area contributed by atoms with E-state index in [0.29, 0.717) is 16.3 Å². The Hall–Kier alpha value is -1.28. The standard InChI is InChI=1S/C13H13ClN4O3/c1-13(2)20-8-6(7-9(19-7)10(8)21-13)18-4-17-5-11(14)15-3-16-12(5)18/h3-4,6-10H,1-2H3/t6-,7-,8+,9-,10+/m1/s1. The molecule has 5 atom stereocenters. The van der Waals surface area contributed by atoms with Crippen molar-refractivity contribution in [3.8, 4) is 0 Å². The van der Waals surface area contributed by atoms with Crippen molar-refractivity contribution >= 4 is 22.8 Å². The van der Waals surface area contributed by atoms with Crippen molar-refractivity contribution in [1.29, 1.82) is 0 Å². The molecule has 7 nitrogen and oxygen atoms in total. The molecular weight excluding hydrogens is 296 g/mol. The zero-order valence-corrected chi connectivity index (χ0v) is 12.2. The van der Waals surface area contributed by atoms with Crippen LogP contribution in [0.3, 0.4) is 0 Å². The van der Waals surface area contributed by atoms with Crippen LogP contribution in [-0.4, -0.2) is 49.7 Å². The van der Waals surface area contributed by atoms with Crippen LogP contribution in [-0.2, 0) is 14.2 Å². The third-order valence-electron chi connectivity index (χ3n) is 4.36. The Morgan fingerprint density at radius 1 is 1.10 bits per heavy atom. The predicted octanol–water partition coefficient (Wildman–Crippen LogP) is 1.32. The van der Waals surface area contributed by atoms with E-state index in [9.17, 15) is 0 Å². The lowest BCUT2D eigenvalue weighted by Gasteiger charge is -2.23. The first-order valence-electron chi connectivity index (χ1n) is 6.89. The van der Waals surface area contributed by atoms with Crippen molar-refractivity contribution in [2.24, 2.45) is 0 Å². The summed E-state index contributed by atoms with van der Waals surface area (Å²) >= 11 is 6.07. The lowest BCUT2D eigenvalue weighted by Crippen LogP contribution is -2.31. The molecule has 1 aliphatic carbocycles. The molecular formula is C13H13ClN4O3. The third kappa shape index (κ3) is 1.57. The van der Waals surface area contributed by atoms with Gasteiger partial charge in [-0.2, -0.15) is 0 Å². The van der Waals surface area contributed by atoms with Gasteiger partial charge in [-0.25, -0.2) is 15.0 Å². The molecule has 2 aliphatic heterocycles. The molecule has 2 saturated heterocycles. The molecule has 21 heavy (non-hydrogen) atoms. The maximum Gasteiger partial charge on any atom is 0.165 e. The molecule has 3 fully saturated rings. The number of hydrogen-bond acceptors (Lipinski definition) is 6. The Morgan fingerprint density at radius 2 is 1.90 bits per heavy atom. The van der Waals surface area contributed by atoms with Gasteiger partial charge in [-0.15, -0.1) is 0 Å². The molecule has 2 aromatic heterocycles. The van der Waals surface area contributed by atoms with E-state index in [0.717, 1.165) is 0 Å². The fraction of sp³-hybridized carbons (Fsp3) is 0.615. The van der Waals surface area contributed by atoms with Gasteiger partial charge in [0.25, 0.3) is 0 Å². The zero-order chi connectivity index (χ0) is 14.4. The van der Waals surface area contributed by atoms with Gasteiger partial charge in [0.05, 0.1) is 12.4 Å². The molecule has 4 heterocycles. The molecule has 2 aromatic rings. The van der Waals surface area contributed by atoms with E-state index >= 15 is 0 Å². The van der Waals surface area contributed by atoms with Crippen LogP contribution in [0.15, 0.2) is 12.7 Å². The van der Waals surface area contributed by atoms with E-state index in [-0.39, 0.29) is 30.5 Å². The lowest BCUT2D eigenvalue weighted by atomic mass is 10.2. The summed E-state index contributed by atoms with van der Waals surface area (Å²) in [5.74, 6) is -0.590. The zero-order valence-electron chi connectivity index (χ0n) is 11.4. The topological polar surface area (TPSA) is 74.6 Å². The number of halogens is 1. The average molecular weight is 309 g/mol. The molecule has 110 valence electrons. The first-order chi connectivity index (χ1) is 10.1. The smallest absolute Gasteiger partial charge is 0.165 e. The molecule has 0 bridgehead atoms. The van der Waals surface area contributed by atoms with Crippen LogP contribution >= 0.6 is 11.6 Å². The van der Waals surface area contributed by atoms with Gasteiger partial charge >= 0.3 is 0 Å². The molecule has 1 saturated carbocycles. The molecule has 0 radical (unpaired) electrons. The highest BCUT2D eigenvalue weighted by Crippen LogP contribution is 2.54. The number of imidazole rings is 1. The van der Waals surface area contributed by atoms with E-state index in [1.165, 1.54) is 6.33 Å². The second-order valence-electron chi connectivity index (χ2n) is 6.11. The molecule has 3 aliphatic rings. The predicted molar refractivity (Wildman–Crippen MR) is 71.9 cm³/mol. The van der Waals surface area contributed by atoms with Crippen LogP contribution in [0.5, 0.6) is 0 Å². The van der Waals surface area contributed by atoms with Crippen molar-refractivity contribution < 1.29 is 14.2 Å². The maximum absolute atomic E-state index is 6.07. The van der Waals surface area contributed by atoms with Gasteiger partial charge in [-0.05, 0) is 13.8 Å². The summed E-state index contributed by atoms with van der Waals surface area (Å²) in [6.45, 7) is 3.84. The highest BCUT2D eigenvalue weighted by atomic mass is 35.5. The summed E-state index contributed by atoms with van der Waals surface area (Å²) in [5, 5.41) is 0.352. The summed E-state index contributed by atoms with van der Waals surface area (Å²) in [6.07, 6.45) is 3.25. The van der Waals surface area contributed by atoms with Crippen molar-refractivity contribution in [1.82, 2.24) is 19.5 Å². The number of epoxide rings is 1. The number of rotatable bonds is 1. The summed E-state index contributed by atoms with van der Waals surface area (Å²) < 4.78 is 19.7. The molecule has 0 unspecified atom stereocenters. The SMILES string of the molecule is CC1(C)O[C@@H]2[C@@H]3O[C@@H]3[C@@H](n3cnc4c(Cl)ncnc43)[C@@H]2O1. The van der Waals surface area contributed by atoms with Crippen molar-refractivity contribution in [3.05, 3.63) is 17.8 Å². The fourth-order valence-electron chi connectivity index (χ4n) is 3.56. The van der Waals surface area contributed by atoms with E-state index in [1.54, 1.807) is 6.33 Å². The van der Waals surface area contributed by atoms with E-state index in [4.69, 9.17) is 25.8 Å². The molecule has 5 rings (SSSR count). The number of nitrogens with zero attached hydrogens (tertiary/aromatic N) is 4. The molecule has 0 aromatic carbocycles. The summed E-state index contributed by atoms with van der Waals surface area (Å²) in [7, 11) is 0. The minimum absolute atomic E-state index is 0.00209. The van der Waals surface area contributed by atoms with Crippen LogP contribution < -0.4 is 0 Å². The molecule has 8 heteroatoms. The summed E-state index contributed by atoms with van der Waals surface area (Å²) in [6, 6.07) is -0.00209. The number of ether oxygens (including phenoxy) is 3. The third-order valence-corrected chi connectivity index (χ3v) is 4.63. The molecule has 0 amide bonds. The Labute approximate surface area is 125 Å². The van der Waals surface area contributed by atoms with E-state index in [2.05, 4.69) is 15.0 Å². The van der Waals surface area contributed by atoms with Gasteiger partial charge in [0.15, 0.2) is 16.6 Å². The first kappa shape index (κ1) is 12.3. The monoisotopic (exact) mass is 308 g/mol. The van der Waals surface area contributed by atoms with Crippen LogP contribution in [0.2, 0.25) is 5.15 Å². The van der Waals surface area contributed by atoms with E-state index < -0.39 is 5.79 Å². The van der Waals surface area contributed by atoms with Crippen molar-refractivity contribution in [2.45, 2.75) is 50.1 Å². The second kappa shape index (κ2) is 3.73. The summed E-state index contributed by atoms with van der Waals surface area (Å²) in [4.78, 5) is 12.6. The second-order valence-corrected chi connectivity index (χ2v) is 6.47. The average Bonchev–Trinajstić information content (AvgIpc) is 2.82. The largest absolute Gasteiger partial charge is 0.364 e. The molecule has 0 spiro atoms. The minimum atomic E-state index is -0.590. The fourth-order valence-corrected chi connectivity index (χ4v) is 3.73. The quantitative estimate of drug-likeness (QED) is 0.584. The maximum atomic E-state index is 6.07. The molecule has 0 N–H and O–H groups in total.